The molecule has 1 fully saturated rings. The summed E-state index contributed by atoms with van der Waals surface area (Å²) in [5, 5.41) is 1.18. The first-order chi connectivity index (χ1) is 9.78. The summed E-state index contributed by atoms with van der Waals surface area (Å²) in [6, 6.07) is 12.7. The van der Waals surface area contributed by atoms with Crippen LogP contribution in [0.25, 0.3) is 10.9 Å². The molecule has 3 nitrogen and oxygen atoms in total. The van der Waals surface area contributed by atoms with Crippen LogP contribution in [0.15, 0.2) is 36.4 Å². The number of nitrogens with one attached hydrogen (secondary N) is 1. The fraction of sp³-hybridized carbons (Fsp3) is 0.471. The maximum Gasteiger partial charge on any atom is 0.0706 e. The molecule has 106 valence electrons. The molecule has 0 bridgehead atoms. The molecular weight excluding hydrogens is 246 g/mol. The number of hydrazine groups is 1. The van der Waals surface area contributed by atoms with Gasteiger partial charge in [0, 0.05) is 5.39 Å². The van der Waals surface area contributed by atoms with Gasteiger partial charge in [0.15, 0.2) is 0 Å². The number of hydrogen-bond donors (Lipinski definition) is 2. The smallest absolute Gasteiger partial charge is 0.0706 e. The second-order valence-corrected chi connectivity index (χ2v) is 6.11. The van der Waals surface area contributed by atoms with E-state index in [9.17, 15) is 0 Å². The van der Waals surface area contributed by atoms with E-state index in [1.54, 1.807) is 0 Å². The summed E-state index contributed by atoms with van der Waals surface area (Å²) in [7, 11) is 0. The first-order valence-corrected chi connectivity index (χ1v) is 7.59. The summed E-state index contributed by atoms with van der Waals surface area (Å²) in [6.45, 7) is 2.34. The molecule has 1 heterocycles. The highest BCUT2D eigenvalue weighted by atomic mass is 15.2. The van der Waals surface area contributed by atoms with Gasteiger partial charge in [-0.05, 0) is 36.8 Å². The van der Waals surface area contributed by atoms with Crippen molar-refractivity contribution in [1.29, 1.82) is 0 Å². The number of aromatic nitrogens is 1. The maximum atomic E-state index is 5.84. The summed E-state index contributed by atoms with van der Waals surface area (Å²) in [6.07, 6.45) is 5.13. The fourth-order valence-corrected chi connectivity index (χ4v) is 3.50. The minimum absolute atomic E-state index is 0.169. The van der Waals surface area contributed by atoms with E-state index in [4.69, 9.17) is 10.8 Å². The number of nitrogens with two attached hydrogens (primary N) is 1. The van der Waals surface area contributed by atoms with Crippen LogP contribution in [0.4, 0.5) is 0 Å². The Balaban J connectivity index is 1.90. The lowest BCUT2D eigenvalue weighted by Crippen LogP contribution is -2.36. The van der Waals surface area contributed by atoms with Gasteiger partial charge in [-0.1, -0.05) is 44.0 Å². The van der Waals surface area contributed by atoms with E-state index < -0.39 is 0 Å². The number of para-hydroxylation sites is 1. The van der Waals surface area contributed by atoms with Crippen molar-refractivity contribution in [3.05, 3.63) is 42.1 Å². The van der Waals surface area contributed by atoms with E-state index in [-0.39, 0.29) is 6.04 Å². The number of rotatable bonds is 3. The SMILES string of the molecule is CC1CCCC(C(NN)c2ccc3ccccc3n2)C1. The monoisotopic (exact) mass is 269 g/mol. The normalized spacial score (nSPS) is 24.7. The molecule has 0 saturated heterocycles. The number of hydrogen-bond acceptors (Lipinski definition) is 3. The summed E-state index contributed by atoms with van der Waals surface area (Å²) in [5.74, 6) is 7.23. The second kappa shape index (κ2) is 5.90. The van der Waals surface area contributed by atoms with Gasteiger partial charge in [0.2, 0.25) is 0 Å². The average molecular weight is 269 g/mol. The van der Waals surface area contributed by atoms with Gasteiger partial charge in [0.25, 0.3) is 0 Å². The summed E-state index contributed by atoms with van der Waals surface area (Å²) >= 11 is 0. The zero-order valence-corrected chi connectivity index (χ0v) is 12.0. The van der Waals surface area contributed by atoms with Crippen LogP contribution in [-0.2, 0) is 0 Å². The molecule has 0 spiro atoms. The molecule has 0 aliphatic heterocycles. The average Bonchev–Trinajstić information content (AvgIpc) is 2.48. The standard InChI is InChI=1S/C17H23N3/c1-12-5-4-7-14(11-12)17(20-18)16-10-9-13-6-2-3-8-15(13)19-16/h2-3,6,8-10,12,14,17,20H,4-5,7,11,18H2,1H3. The van der Waals surface area contributed by atoms with Gasteiger partial charge in [0.05, 0.1) is 17.3 Å². The third-order valence-corrected chi connectivity index (χ3v) is 4.57. The van der Waals surface area contributed by atoms with Crippen molar-refractivity contribution < 1.29 is 0 Å². The first-order valence-electron chi connectivity index (χ1n) is 7.59. The molecule has 3 unspecified atom stereocenters. The minimum atomic E-state index is 0.169. The van der Waals surface area contributed by atoms with Crippen molar-refractivity contribution in [3.63, 3.8) is 0 Å². The molecule has 1 aliphatic carbocycles. The van der Waals surface area contributed by atoms with Gasteiger partial charge in [-0.25, -0.2) is 0 Å². The van der Waals surface area contributed by atoms with Crippen molar-refractivity contribution in [3.8, 4) is 0 Å². The van der Waals surface area contributed by atoms with Crippen LogP contribution in [0, 0.1) is 11.8 Å². The molecule has 0 radical (unpaired) electrons. The van der Waals surface area contributed by atoms with Crippen LogP contribution in [0.1, 0.15) is 44.3 Å². The van der Waals surface area contributed by atoms with Crippen LogP contribution >= 0.6 is 0 Å². The highest BCUT2D eigenvalue weighted by Crippen LogP contribution is 2.36. The summed E-state index contributed by atoms with van der Waals surface area (Å²) in [5.41, 5.74) is 5.14. The lowest BCUT2D eigenvalue weighted by Gasteiger charge is -2.32. The van der Waals surface area contributed by atoms with E-state index in [1.807, 2.05) is 12.1 Å². The molecule has 2 aromatic rings. The number of benzene rings is 1. The number of nitrogens with zero attached hydrogens (tertiary/aromatic N) is 1. The largest absolute Gasteiger partial charge is 0.271 e. The van der Waals surface area contributed by atoms with Crippen LogP contribution in [0.2, 0.25) is 0 Å². The third kappa shape index (κ3) is 2.69. The molecule has 3 rings (SSSR count). The Morgan fingerprint density at radius 2 is 2.05 bits per heavy atom. The molecule has 1 aromatic carbocycles. The van der Waals surface area contributed by atoms with Gasteiger partial charge in [-0.3, -0.25) is 16.3 Å². The highest BCUT2D eigenvalue weighted by Gasteiger charge is 2.28. The molecule has 0 amide bonds. The van der Waals surface area contributed by atoms with E-state index >= 15 is 0 Å². The lowest BCUT2D eigenvalue weighted by atomic mass is 9.78. The molecule has 3 heteroatoms. The molecular formula is C17H23N3. The van der Waals surface area contributed by atoms with Crippen molar-refractivity contribution in [2.45, 2.75) is 38.6 Å². The highest BCUT2D eigenvalue weighted by molar-refractivity contribution is 5.78. The quantitative estimate of drug-likeness (QED) is 0.661. The molecule has 1 saturated carbocycles. The van der Waals surface area contributed by atoms with Crippen molar-refractivity contribution in [1.82, 2.24) is 10.4 Å². The second-order valence-electron chi connectivity index (χ2n) is 6.11. The zero-order valence-electron chi connectivity index (χ0n) is 12.0. The van der Waals surface area contributed by atoms with Gasteiger partial charge in [0.1, 0.15) is 0 Å². The van der Waals surface area contributed by atoms with E-state index in [0.29, 0.717) is 5.92 Å². The summed E-state index contributed by atoms with van der Waals surface area (Å²) < 4.78 is 0. The third-order valence-electron chi connectivity index (χ3n) is 4.57. The molecule has 20 heavy (non-hydrogen) atoms. The Morgan fingerprint density at radius 3 is 2.85 bits per heavy atom. The molecule has 3 N–H and O–H groups in total. The van der Waals surface area contributed by atoms with E-state index in [0.717, 1.165) is 17.1 Å². The Hall–Kier alpha value is -1.45. The topological polar surface area (TPSA) is 50.9 Å². The van der Waals surface area contributed by atoms with Gasteiger partial charge in [-0.15, -0.1) is 0 Å². The zero-order chi connectivity index (χ0) is 13.9. The van der Waals surface area contributed by atoms with Gasteiger partial charge < -0.3 is 0 Å². The van der Waals surface area contributed by atoms with Crippen molar-refractivity contribution in [2.75, 3.05) is 0 Å². The number of pyridine rings is 1. The van der Waals surface area contributed by atoms with Crippen LogP contribution in [0.3, 0.4) is 0 Å². The lowest BCUT2D eigenvalue weighted by molar-refractivity contribution is 0.222. The van der Waals surface area contributed by atoms with Crippen LogP contribution in [-0.4, -0.2) is 4.98 Å². The predicted molar refractivity (Wildman–Crippen MR) is 82.9 cm³/mol. The van der Waals surface area contributed by atoms with Crippen LogP contribution in [0.5, 0.6) is 0 Å². The Labute approximate surface area is 120 Å². The first kappa shape index (κ1) is 13.5. The number of fused-ring (bicyclic) bond motifs is 1. The Morgan fingerprint density at radius 1 is 1.20 bits per heavy atom. The molecule has 1 aliphatic rings. The minimum Gasteiger partial charge on any atom is -0.271 e. The van der Waals surface area contributed by atoms with Gasteiger partial charge in [-0.2, -0.15) is 0 Å². The maximum absolute atomic E-state index is 5.84. The van der Waals surface area contributed by atoms with Crippen LogP contribution < -0.4 is 11.3 Å². The van der Waals surface area contributed by atoms with E-state index in [2.05, 4.69) is 36.6 Å². The fourth-order valence-electron chi connectivity index (χ4n) is 3.50. The molecule has 1 aromatic heterocycles. The summed E-state index contributed by atoms with van der Waals surface area (Å²) in [4.78, 5) is 4.80. The molecule has 3 atom stereocenters. The van der Waals surface area contributed by atoms with Crippen molar-refractivity contribution >= 4 is 10.9 Å². The van der Waals surface area contributed by atoms with Crippen molar-refractivity contribution in [2.24, 2.45) is 17.7 Å². The van der Waals surface area contributed by atoms with E-state index in [1.165, 1.54) is 31.1 Å². The Kier molecular flexibility index (Phi) is 3.99. The Bertz CT molecular complexity index is 581. The van der Waals surface area contributed by atoms with Gasteiger partial charge >= 0.3 is 0 Å². The predicted octanol–water partition coefficient (Wildman–Crippen LogP) is 3.57.